The van der Waals surface area contributed by atoms with Crippen molar-refractivity contribution in [2.24, 2.45) is 11.8 Å². The van der Waals surface area contributed by atoms with Crippen LogP contribution in [-0.2, 0) is 0 Å². The molecule has 0 bridgehead atoms. The Balaban J connectivity index is 1.35. The predicted octanol–water partition coefficient (Wildman–Crippen LogP) is 1.97. The highest BCUT2D eigenvalue weighted by molar-refractivity contribution is 6.30. The number of pyridine rings is 1. The van der Waals surface area contributed by atoms with Crippen molar-refractivity contribution in [1.29, 1.82) is 0 Å². The van der Waals surface area contributed by atoms with Gasteiger partial charge in [-0.25, -0.2) is 19.9 Å². The second-order valence-corrected chi connectivity index (χ2v) is 6.90. The monoisotopic (exact) mass is 341 g/mol. The van der Waals surface area contributed by atoms with Crippen molar-refractivity contribution in [2.45, 2.75) is 0 Å². The van der Waals surface area contributed by atoms with Crippen molar-refractivity contribution < 1.29 is 0 Å². The van der Waals surface area contributed by atoms with Crippen LogP contribution in [0.4, 0.5) is 11.6 Å². The van der Waals surface area contributed by atoms with Crippen molar-refractivity contribution in [3.8, 4) is 0 Å². The number of anilines is 2. The molecule has 7 nitrogen and oxygen atoms in total. The van der Waals surface area contributed by atoms with Gasteiger partial charge in [-0.2, -0.15) is 0 Å². The number of aromatic nitrogens is 5. The molecule has 2 atom stereocenters. The number of rotatable bonds is 2. The highest BCUT2D eigenvalue weighted by Gasteiger charge is 2.41. The average molecular weight is 342 g/mol. The molecule has 0 spiro atoms. The van der Waals surface area contributed by atoms with Gasteiger partial charge in [-0.05, 0) is 12.1 Å². The summed E-state index contributed by atoms with van der Waals surface area (Å²) in [4.78, 5) is 25.2. The molecule has 24 heavy (non-hydrogen) atoms. The molecule has 2 aliphatic heterocycles. The number of hydrogen-bond donors (Lipinski definition) is 1. The van der Waals surface area contributed by atoms with E-state index in [1.165, 1.54) is 0 Å². The standard InChI is InChI=1S/C16H16ClN7/c17-12-1-2-13(18-3-12)23-4-10-6-24(7-11(10)5-23)16-14-15(20-8-19-14)21-9-22-16/h1-3,8-11H,4-7H2,(H,19,20,21,22). The van der Waals surface area contributed by atoms with Gasteiger partial charge < -0.3 is 14.8 Å². The zero-order valence-corrected chi connectivity index (χ0v) is 13.7. The number of aromatic amines is 1. The van der Waals surface area contributed by atoms with E-state index < -0.39 is 0 Å². The molecule has 2 aliphatic rings. The van der Waals surface area contributed by atoms with Gasteiger partial charge in [-0.1, -0.05) is 11.6 Å². The largest absolute Gasteiger partial charge is 0.356 e. The van der Waals surface area contributed by atoms with Gasteiger partial charge in [0, 0.05) is 44.2 Å². The zero-order valence-electron chi connectivity index (χ0n) is 12.9. The van der Waals surface area contributed by atoms with Gasteiger partial charge in [0.1, 0.15) is 17.7 Å². The van der Waals surface area contributed by atoms with E-state index in [1.54, 1.807) is 18.9 Å². The maximum Gasteiger partial charge on any atom is 0.182 e. The van der Waals surface area contributed by atoms with Gasteiger partial charge in [-0.15, -0.1) is 0 Å². The molecular formula is C16H16ClN7. The molecular weight excluding hydrogens is 326 g/mol. The second kappa shape index (κ2) is 5.31. The van der Waals surface area contributed by atoms with Gasteiger partial charge in [0.2, 0.25) is 0 Å². The lowest BCUT2D eigenvalue weighted by atomic mass is 10.0. The van der Waals surface area contributed by atoms with Gasteiger partial charge in [0.15, 0.2) is 11.5 Å². The van der Waals surface area contributed by atoms with Crippen LogP contribution in [0.1, 0.15) is 0 Å². The minimum atomic E-state index is 0.621. The molecule has 2 saturated heterocycles. The van der Waals surface area contributed by atoms with Crippen LogP contribution in [0.3, 0.4) is 0 Å². The third kappa shape index (κ3) is 2.19. The van der Waals surface area contributed by atoms with E-state index in [0.717, 1.165) is 49.0 Å². The fraction of sp³-hybridized carbons (Fsp3) is 0.375. The number of nitrogens with zero attached hydrogens (tertiary/aromatic N) is 6. The van der Waals surface area contributed by atoms with Crippen molar-refractivity contribution in [2.75, 3.05) is 36.0 Å². The molecule has 0 aromatic carbocycles. The van der Waals surface area contributed by atoms with Crippen LogP contribution in [0.25, 0.3) is 11.2 Å². The molecule has 0 radical (unpaired) electrons. The summed E-state index contributed by atoms with van der Waals surface area (Å²) in [6.07, 6.45) is 4.98. The lowest BCUT2D eigenvalue weighted by Crippen LogP contribution is -2.29. The fourth-order valence-corrected chi connectivity index (χ4v) is 4.01. The lowest BCUT2D eigenvalue weighted by molar-refractivity contribution is 0.533. The molecule has 122 valence electrons. The van der Waals surface area contributed by atoms with Crippen molar-refractivity contribution in [3.05, 3.63) is 36.0 Å². The zero-order chi connectivity index (χ0) is 16.1. The third-order valence-corrected chi connectivity index (χ3v) is 5.25. The summed E-state index contributed by atoms with van der Waals surface area (Å²) in [5.74, 6) is 3.22. The van der Waals surface area contributed by atoms with E-state index in [0.29, 0.717) is 16.9 Å². The van der Waals surface area contributed by atoms with Crippen LogP contribution in [0.15, 0.2) is 31.0 Å². The van der Waals surface area contributed by atoms with Crippen molar-refractivity contribution >= 4 is 34.4 Å². The van der Waals surface area contributed by atoms with E-state index in [2.05, 4.69) is 34.7 Å². The maximum atomic E-state index is 5.93. The van der Waals surface area contributed by atoms with Crippen LogP contribution in [0.2, 0.25) is 5.02 Å². The van der Waals surface area contributed by atoms with Crippen LogP contribution in [0.5, 0.6) is 0 Å². The lowest BCUT2D eigenvalue weighted by Gasteiger charge is -2.23. The summed E-state index contributed by atoms with van der Waals surface area (Å²) in [7, 11) is 0. The molecule has 2 fully saturated rings. The summed E-state index contributed by atoms with van der Waals surface area (Å²) in [5, 5.41) is 0.677. The van der Waals surface area contributed by atoms with Crippen molar-refractivity contribution in [3.63, 3.8) is 0 Å². The van der Waals surface area contributed by atoms with Crippen LogP contribution in [-0.4, -0.2) is 51.1 Å². The molecule has 2 unspecified atom stereocenters. The summed E-state index contributed by atoms with van der Waals surface area (Å²) >= 11 is 5.93. The first-order valence-corrected chi connectivity index (χ1v) is 8.41. The first-order valence-electron chi connectivity index (χ1n) is 8.03. The molecule has 3 aromatic heterocycles. The van der Waals surface area contributed by atoms with E-state index >= 15 is 0 Å². The Morgan fingerprint density at radius 2 is 1.75 bits per heavy atom. The summed E-state index contributed by atoms with van der Waals surface area (Å²) in [6, 6.07) is 3.90. The molecule has 0 saturated carbocycles. The fourth-order valence-electron chi connectivity index (χ4n) is 3.90. The Bertz CT molecular complexity index is 864. The third-order valence-electron chi connectivity index (χ3n) is 5.02. The minimum Gasteiger partial charge on any atom is -0.356 e. The molecule has 8 heteroatoms. The van der Waals surface area contributed by atoms with E-state index in [9.17, 15) is 0 Å². The molecule has 1 N–H and O–H groups in total. The summed E-state index contributed by atoms with van der Waals surface area (Å²) < 4.78 is 0. The Morgan fingerprint density at radius 1 is 0.958 bits per heavy atom. The highest BCUT2D eigenvalue weighted by Crippen LogP contribution is 2.36. The van der Waals surface area contributed by atoms with Crippen LogP contribution < -0.4 is 9.80 Å². The topological polar surface area (TPSA) is 73.8 Å². The van der Waals surface area contributed by atoms with Gasteiger partial charge >= 0.3 is 0 Å². The molecule has 3 aromatic rings. The number of imidazole rings is 1. The molecule has 5 heterocycles. The quantitative estimate of drug-likeness (QED) is 0.768. The SMILES string of the molecule is Clc1ccc(N2CC3CN(c4ncnc5nc[nH]c45)CC3C2)nc1. The number of H-pyrrole nitrogens is 1. The first-order chi connectivity index (χ1) is 11.8. The minimum absolute atomic E-state index is 0.621. The van der Waals surface area contributed by atoms with Gasteiger partial charge in [0.25, 0.3) is 0 Å². The number of halogens is 1. The van der Waals surface area contributed by atoms with E-state index in [-0.39, 0.29) is 0 Å². The van der Waals surface area contributed by atoms with Crippen molar-refractivity contribution in [1.82, 2.24) is 24.9 Å². The Morgan fingerprint density at radius 3 is 2.50 bits per heavy atom. The number of nitrogens with one attached hydrogen (secondary N) is 1. The smallest absolute Gasteiger partial charge is 0.182 e. The Kier molecular flexibility index (Phi) is 3.09. The first kappa shape index (κ1) is 14.0. The Hall–Kier alpha value is -2.41. The van der Waals surface area contributed by atoms with E-state index in [4.69, 9.17) is 11.6 Å². The van der Waals surface area contributed by atoms with Crippen LogP contribution in [0, 0.1) is 11.8 Å². The van der Waals surface area contributed by atoms with Gasteiger partial charge in [-0.3, -0.25) is 0 Å². The Labute approximate surface area is 143 Å². The van der Waals surface area contributed by atoms with E-state index in [1.807, 2.05) is 12.1 Å². The molecule has 0 aliphatic carbocycles. The van der Waals surface area contributed by atoms with Gasteiger partial charge in [0.05, 0.1) is 11.3 Å². The summed E-state index contributed by atoms with van der Waals surface area (Å²) in [6.45, 7) is 4.04. The second-order valence-electron chi connectivity index (χ2n) is 6.46. The normalized spacial score (nSPS) is 23.2. The highest BCUT2D eigenvalue weighted by atomic mass is 35.5. The predicted molar refractivity (Wildman–Crippen MR) is 92.3 cm³/mol. The maximum absolute atomic E-state index is 5.93. The average Bonchev–Trinajstić information content (AvgIpc) is 3.29. The molecule has 5 rings (SSSR count). The number of hydrogen-bond acceptors (Lipinski definition) is 6. The molecule has 0 amide bonds. The van der Waals surface area contributed by atoms with Crippen LogP contribution >= 0.6 is 11.6 Å². The summed E-state index contributed by atoms with van der Waals surface area (Å²) in [5.41, 5.74) is 1.65. The number of fused-ring (bicyclic) bond motifs is 2.